The van der Waals surface area contributed by atoms with Gasteiger partial charge >= 0.3 is 0 Å². The highest BCUT2D eigenvalue weighted by Gasteiger charge is 2.19. The molecule has 0 amide bonds. The number of rotatable bonds is 4. The number of fused-ring (bicyclic) bond motifs is 1. The van der Waals surface area contributed by atoms with Crippen LogP contribution in [0.1, 0.15) is 18.5 Å². The molecule has 19 heavy (non-hydrogen) atoms. The molecule has 1 aromatic heterocycles. The van der Waals surface area contributed by atoms with Crippen LogP contribution in [0.4, 0.5) is 0 Å². The molecule has 2 heterocycles. The Labute approximate surface area is 113 Å². The fraction of sp³-hybridized carbons (Fsp3) is 0.438. The fourth-order valence-electron chi connectivity index (χ4n) is 2.77. The molecular formula is C16H20N2O. The van der Waals surface area contributed by atoms with Crippen LogP contribution in [0, 0.1) is 5.92 Å². The highest BCUT2D eigenvalue weighted by atomic mass is 16.5. The van der Waals surface area contributed by atoms with Crippen LogP contribution in [0.2, 0.25) is 0 Å². The Kier molecular flexibility index (Phi) is 3.76. The molecule has 2 unspecified atom stereocenters. The summed E-state index contributed by atoms with van der Waals surface area (Å²) in [5.74, 6) is 0.635. The number of hydrogen-bond donors (Lipinski definition) is 1. The van der Waals surface area contributed by atoms with Crippen molar-refractivity contribution in [2.75, 3.05) is 13.2 Å². The summed E-state index contributed by atoms with van der Waals surface area (Å²) in [6.45, 7) is 1.77. The summed E-state index contributed by atoms with van der Waals surface area (Å²) in [5.41, 5.74) is 8.37. The van der Waals surface area contributed by atoms with Crippen LogP contribution in [0.15, 0.2) is 36.4 Å². The molecular weight excluding hydrogens is 236 g/mol. The predicted octanol–water partition coefficient (Wildman–Crippen LogP) is 2.53. The van der Waals surface area contributed by atoms with E-state index in [1.807, 2.05) is 12.1 Å². The summed E-state index contributed by atoms with van der Waals surface area (Å²) < 4.78 is 5.39. The average Bonchev–Trinajstić information content (AvgIpc) is 2.91. The second kappa shape index (κ2) is 5.68. The zero-order valence-corrected chi connectivity index (χ0v) is 11.1. The fourth-order valence-corrected chi connectivity index (χ4v) is 2.77. The Morgan fingerprint density at radius 3 is 3.00 bits per heavy atom. The van der Waals surface area contributed by atoms with E-state index in [-0.39, 0.29) is 6.04 Å². The normalized spacial score (nSPS) is 20.8. The largest absolute Gasteiger partial charge is 0.381 e. The lowest BCUT2D eigenvalue weighted by molar-refractivity contribution is 0.182. The van der Waals surface area contributed by atoms with Gasteiger partial charge in [0.15, 0.2) is 0 Å². The third-order valence-corrected chi connectivity index (χ3v) is 3.79. The molecule has 0 bridgehead atoms. The molecule has 0 aliphatic carbocycles. The molecule has 3 nitrogen and oxygen atoms in total. The van der Waals surface area contributed by atoms with Gasteiger partial charge in [0.1, 0.15) is 0 Å². The first-order valence-electron chi connectivity index (χ1n) is 6.99. The third-order valence-electron chi connectivity index (χ3n) is 3.79. The smallest absolute Gasteiger partial charge is 0.0705 e. The molecule has 2 atom stereocenters. The minimum absolute atomic E-state index is 0.181. The monoisotopic (exact) mass is 256 g/mol. The summed E-state index contributed by atoms with van der Waals surface area (Å²) in [6.07, 6.45) is 3.04. The quantitative estimate of drug-likeness (QED) is 0.914. The third kappa shape index (κ3) is 3.11. The molecule has 100 valence electrons. The molecule has 0 saturated carbocycles. The lowest BCUT2D eigenvalue weighted by Crippen LogP contribution is -2.26. The van der Waals surface area contributed by atoms with Crippen molar-refractivity contribution in [2.24, 2.45) is 11.7 Å². The molecule has 2 N–H and O–H groups in total. The maximum absolute atomic E-state index is 6.23. The van der Waals surface area contributed by atoms with Gasteiger partial charge < -0.3 is 10.5 Å². The number of pyridine rings is 1. The van der Waals surface area contributed by atoms with Gasteiger partial charge in [-0.25, -0.2) is 0 Å². The maximum atomic E-state index is 6.23. The Morgan fingerprint density at radius 1 is 1.26 bits per heavy atom. The Hall–Kier alpha value is -1.45. The van der Waals surface area contributed by atoms with Crippen LogP contribution in [-0.2, 0) is 11.2 Å². The second-order valence-electron chi connectivity index (χ2n) is 5.42. The number of aromatic nitrogens is 1. The minimum atomic E-state index is 0.181. The summed E-state index contributed by atoms with van der Waals surface area (Å²) in [6, 6.07) is 12.6. The van der Waals surface area contributed by atoms with Gasteiger partial charge in [-0.15, -0.1) is 0 Å². The number of ether oxygens (including phenoxy) is 1. The molecule has 1 saturated heterocycles. The number of para-hydroxylation sites is 1. The van der Waals surface area contributed by atoms with Crippen molar-refractivity contribution in [3.63, 3.8) is 0 Å². The topological polar surface area (TPSA) is 48.1 Å². The van der Waals surface area contributed by atoms with Gasteiger partial charge in [0, 0.05) is 36.8 Å². The Bertz CT molecular complexity index is 549. The number of benzene rings is 1. The second-order valence-corrected chi connectivity index (χ2v) is 5.42. The van der Waals surface area contributed by atoms with Crippen molar-refractivity contribution >= 4 is 10.9 Å². The number of hydrogen-bond acceptors (Lipinski definition) is 3. The van der Waals surface area contributed by atoms with Gasteiger partial charge in [0.2, 0.25) is 0 Å². The Balaban J connectivity index is 1.66. The zero-order chi connectivity index (χ0) is 13.1. The van der Waals surface area contributed by atoms with E-state index >= 15 is 0 Å². The van der Waals surface area contributed by atoms with Gasteiger partial charge in [-0.05, 0) is 30.9 Å². The lowest BCUT2D eigenvalue weighted by Gasteiger charge is -2.15. The summed E-state index contributed by atoms with van der Waals surface area (Å²) in [7, 11) is 0. The van der Waals surface area contributed by atoms with E-state index < -0.39 is 0 Å². The number of nitrogens with two attached hydrogens (primary N) is 1. The predicted molar refractivity (Wildman–Crippen MR) is 77.0 cm³/mol. The molecule has 1 aliphatic rings. The highest BCUT2D eigenvalue weighted by Crippen LogP contribution is 2.19. The van der Waals surface area contributed by atoms with E-state index in [0.717, 1.165) is 43.7 Å². The molecule has 3 rings (SSSR count). The summed E-state index contributed by atoms with van der Waals surface area (Å²) in [5, 5.41) is 1.18. The lowest BCUT2D eigenvalue weighted by atomic mass is 9.96. The molecule has 1 fully saturated rings. The van der Waals surface area contributed by atoms with Crippen molar-refractivity contribution in [3.8, 4) is 0 Å². The van der Waals surface area contributed by atoms with Crippen LogP contribution in [0.25, 0.3) is 10.9 Å². The van der Waals surface area contributed by atoms with E-state index in [9.17, 15) is 0 Å². The van der Waals surface area contributed by atoms with Crippen LogP contribution in [0.3, 0.4) is 0 Å². The van der Waals surface area contributed by atoms with Crippen molar-refractivity contribution in [2.45, 2.75) is 25.3 Å². The van der Waals surface area contributed by atoms with Crippen LogP contribution in [-0.4, -0.2) is 24.2 Å². The van der Waals surface area contributed by atoms with Gasteiger partial charge in [0.05, 0.1) is 5.52 Å². The zero-order valence-electron chi connectivity index (χ0n) is 11.1. The van der Waals surface area contributed by atoms with Crippen molar-refractivity contribution in [1.29, 1.82) is 0 Å². The SMILES string of the molecule is NC(Cc1ccc2ccccc2n1)CC1CCOC1. The average molecular weight is 256 g/mol. The molecule has 1 aliphatic heterocycles. The molecule has 3 heteroatoms. The Morgan fingerprint density at radius 2 is 2.16 bits per heavy atom. The first-order chi connectivity index (χ1) is 9.31. The van der Waals surface area contributed by atoms with E-state index in [2.05, 4.69) is 29.2 Å². The van der Waals surface area contributed by atoms with Crippen molar-refractivity contribution < 1.29 is 4.74 Å². The van der Waals surface area contributed by atoms with E-state index in [4.69, 9.17) is 10.5 Å². The number of nitrogens with zero attached hydrogens (tertiary/aromatic N) is 1. The van der Waals surface area contributed by atoms with E-state index in [0.29, 0.717) is 5.92 Å². The first-order valence-corrected chi connectivity index (χ1v) is 6.99. The van der Waals surface area contributed by atoms with Crippen molar-refractivity contribution in [1.82, 2.24) is 4.98 Å². The maximum Gasteiger partial charge on any atom is 0.0705 e. The summed E-state index contributed by atoms with van der Waals surface area (Å²) in [4.78, 5) is 4.68. The van der Waals surface area contributed by atoms with Gasteiger partial charge in [0.25, 0.3) is 0 Å². The highest BCUT2D eigenvalue weighted by molar-refractivity contribution is 5.78. The van der Waals surface area contributed by atoms with Crippen molar-refractivity contribution in [3.05, 3.63) is 42.1 Å². The van der Waals surface area contributed by atoms with Gasteiger partial charge in [-0.1, -0.05) is 24.3 Å². The molecule has 0 spiro atoms. The van der Waals surface area contributed by atoms with Gasteiger partial charge in [-0.3, -0.25) is 4.98 Å². The van der Waals surface area contributed by atoms with E-state index in [1.54, 1.807) is 0 Å². The first kappa shape index (κ1) is 12.6. The summed E-state index contributed by atoms with van der Waals surface area (Å²) >= 11 is 0. The van der Waals surface area contributed by atoms with Gasteiger partial charge in [-0.2, -0.15) is 0 Å². The van der Waals surface area contributed by atoms with Crippen LogP contribution in [0.5, 0.6) is 0 Å². The standard InChI is InChI=1S/C16H20N2O/c17-14(9-12-7-8-19-11-12)10-15-6-5-13-3-1-2-4-16(13)18-15/h1-6,12,14H,7-11,17H2. The molecule has 0 radical (unpaired) electrons. The molecule has 2 aromatic rings. The molecule has 1 aromatic carbocycles. The van der Waals surface area contributed by atoms with Crippen LogP contribution >= 0.6 is 0 Å². The minimum Gasteiger partial charge on any atom is -0.381 e. The van der Waals surface area contributed by atoms with E-state index in [1.165, 1.54) is 5.39 Å². The van der Waals surface area contributed by atoms with Crippen LogP contribution < -0.4 is 5.73 Å².